The fraction of sp³-hybridized carbons (Fsp3) is 0.455. The number of hydrogen-bond acceptors (Lipinski definition) is 7. The standard InChI is InChI=1S/C11H15N5O2S/c1-15(2)4-5-16-10(9(18-3)6-12-16)11(17)8-7-19-14-13-8/h6-7H,4-5H2,1-3H3. The van der Waals surface area contributed by atoms with Crippen molar-refractivity contribution in [3.05, 3.63) is 23.0 Å². The molecule has 0 aliphatic heterocycles. The van der Waals surface area contributed by atoms with E-state index in [1.165, 1.54) is 7.11 Å². The van der Waals surface area contributed by atoms with Gasteiger partial charge in [-0.25, -0.2) is 0 Å². The van der Waals surface area contributed by atoms with E-state index < -0.39 is 0 Å². The van der Waals surface area contributed by atoms with Crippen molar-refractivity contribution in [2.75, 3.05) is 27.7 Å². The van der Waals surface area contributed by atoms with E-state index >= 15 is 0 Å². The van der Waals surface area contributed by atoms with Gasteiger partial charge >= 0.3 is 0 Å². The van der Waals surface area contributed by atoms with Crippen molar-refractivity contribution in [3.63, 3.8) is 0 Å². The molecule has 19 heavy (non-hydrogen) atoms. The molecule has 2 aromatic heterocycles. The van der Waals surface area contributed by atoms with Crippen LogP contribution in [0.3, 0.4) is 0 Å². The van der Waals surface area contributed by atoms with Gasteiger partial charge < -0.3 is 9.64 Å². The van der Waals surface area contributed by atoms with Crippen molar-refractivity contribution in [2.24, 2.45) is 0 Å². The third-order valence-electron chi connectivity index (χ3n) is 2.59. The fourth-order valence-electron chi connectivity index (χ4n) is 1.60. The normalized spacial score (nSPS) is 10.9. The van der Waals surface area contributed by atoms with Gasteiger partial charge in [-0.15, -0.1) is 5.10 Å². The second kappa shape index (κ2) is 5.89. The van der Waals surface area contributed by atoms with Gasteiger partial charge in [0, 0.05) is 11.9 Å². The fourth-order valence-corrected chi connectivity index (χ4v) is 2.03. The first-order valence-corrected chi connectivity index (χ1v) is 6.53. The molecule has 8 heteroatoms. The summed E-state index contributed by atoms with van der Waals surface area (Å²) in [6.07, 6.45) is 1.54. The van der Waals surface area contributed by atoms with Crippen molar-refractivity contribution in [1.82, 2.24) is 24.3 Å². The van der Waals surface area contributed by atoms with Gasteiger partial charge in [-0.3, -0.25) is 9.48 Å². The molecule has 0 saturated heterocycles. The molecule has 0 atom stereocenters. The van der Waals surface area contributed by atoms with Crippen LogP contribution in [-0.4, -0.2) is 57.8 Å². The molecule has 2 heterocycles. The molecular formula is C11H15N5O2S. The second-order valence-corrected chi connectivity index (χ2v) is 4.82. The summed E-state index contributed by atoms with van der Waals surface area (Å²) in [4.78, 5) is 14.4. The summed E-state index contributed by atoms with van der Waals surface area (Å²) in [5.74, 6) is 0.235. The molecule has 102 valence electrons. The average molecular weight is 281 g/mol. The van der Waals surface area contributed by atoms with Crippen LogP contribution in [0.4, 0.5) is 0 Å². The lowest BCUT2D eigenvalue weighted by Gasteiger charge is -2.11. The second-order valence-electron chi connectivity index (χ2n) is 4.21. The minimum absolute atomic E-state index is 0.221. The number of methoxy groups -OCH3 is 1. The predicted molar refractivity (Wildman–Crippen MR) is 70.7 cm³/mol. The van der Waals surface area contributed by atoms with Gasteiger partial charge in [-0.1, -0.05) is 4.49 Å². The van der Waals surface area contributed by atoms with Crippen molar-refractivity contribution >= 4 is 17.3 Å². The number of rotatable bonds is 6. The van der Waals surface area contributed by atoms with E-state index in [9.17, 15) is 4.79 Å². The van der Waals surface area contributed by atoms with Crippen molar-refractivity contribution in [3.8, 4) is 5.75 Å². The Morgan fingerprint density at radius 1 is 1.53 bits per heavy atom. The van der Waals surface area contributed by atoms with Gasteiger partial charge in [-0.05, 0) is 25.6 Å². The molecule has 0 unspecified atom stereocenters. The Balaban J connectivity index is 2.31. The number of hydrogen-bond donors (Lipinski definition) is 0. The van der Waals surface area contributed by atoms with Crippen LogP contribution in [0.25, 0.3) is 0 Å². The lowest BCUT2D eigenvalue weighted by atomic mass is 10.2. The smallest absolute Gasteiger partial charge is 0.235 e. The summed E-state index contributed by atoms with van der Waals surface area (Å²) in [6.45, 7) is 1.38. The van der Waals surface area contributed by atoms with Gasteiger partial charge in [0.15, 0.2) is 11.4 Å². The van der Waals surface area contributed by atoms with Crippen molar-refractivity contribution < 1.29 is 9.53 Å². The monoisotopic (exact) mass is 281 g/mol. The van der Waals surface area contributed by atoms with Gasteiger partial charge in [0.2, 0.25) is 5.78 Å². The van der Waals surface area contributed by atoms with Crippen LogP contribution in [0.5, 0.6) is 5.75 Å². The maximum absolute atomic E-state index is 12.4. The number of aromatic nitrogens is 4. The molecule has 0 fully saturated rings. The SMILES string of the molecule is COc1cnn(CCN(C)C)c1C(=O)c1csnn1. The zero-order valence-electron chi connectivity index (χ0n) is 11.0. The minimum atomic E-state index is -0.221. The molecule has 0 N–H and O–H groups in total. The van der Waals surface area contributed by atoms with Gasteiger partial charge in [0.05, 0.1) is 19.9 Å². The van der Waals surface area contributed by atoms with Crippen LogP contribution in [0.2, 0.25) is 0 Å². The highest BCUT2D eigenvalue weighted by Crippen LogP contribution is 2.20. The van der Waals surface area contributed by atoms with Gasteiger partial charge in [0.1, 0.15) is 5.69 Å². The van der Waals surface area contributed by atoms with Crippen LogP contribution < -0.4 is 4.74 Å². The Morgan fingerprint density at radius 3 is 2.89 bits per heavy atom. The molecule has 0 aliphatic carbocycles. The summed E-state index contributed by atoms with van der Waals surface area (Å²) in [7, 11) is 5.45. The zero-order chi connectivity index (χ0) is 13.8. The Labute approximate surface area is 115 Å². The number of carbonyl (C=O) groups is 1. The predicted octanol–water partition coefficient (Wildman–Crippen LogP) is 0.536. The number of likely N-dealkylation sites (N-methyl/N-ethyl adjacent to an activating group) is 1. The number of nitrogens with zero attached hydrogens (tertiary/aromatic N) is 5. The number of ether oxygens (including phenoxy) is 1. The number of ketones is 1. The largest absolute Gasteiger partial charge is 0.493 e. The summed E-state index contributed by atoms with van der Waals surface area (Å²) in [5.41, 5.74) is 0.729. The van der Waals surface area contributed by atoms with E-state index in [2.05, 4.69) is 14.7 Å². The van der Waals surface area contributed by atoms with E-state index in [0.29, 0.717) is 23.7 Å². The molecule has 2 rings (SSSR count). The molecule has 0 saturated carbocycles. The summed E-state index contributed by atoms with van der Waals surface area (Å²) in [5, 5.41) is 9.60. The highest BCUT2D eigenvalue weighted by atomic mass is 32.1. The van der Waals surface area contributed by atoms with Crippen molar-refractivity contribution in [1.29, 1.82) is 0 Å². The summed E-state index contributed by atoms with van der Waals surface area (Å²) >= 11 is 1.14. The highest BCUT2D eigenvalue weighted by Gasteiger charge is 2.22. The van der Waals surface area contributed by atoms with E-state index in [1.807, 2.05) is 19.0 Å². The molecule has 0 bridgehead atoms. The molecule has 0 aromatic carbocycles. The molecule has 0 spiro atoms. The van der Waals surface area contributed by atoms with Gasteiger partial charge in [0.25, 0.3) is 0 Å². The molecule has 0 amide bonds. The Kier molecular flexibility index (Phi) is 4.23. The van der Waals surface area contributed by atoms with Crippen LogP contribution >= 0.6 is 11.5 Å². The van der Waals surface area contributed by atoms with Crippen LogP contribution in [0, 0.1) is 0 Å². The summed E-state index contributed by atoms with van der Waals surface area (Å²) in [6, 6.07) is 0. The average Bonchev–Trinajstić information content (AvgIpc) is 3.04. The Hall–Kier alpha value is -1.80. The van der Waals surface area contributed by atoms with Crippen molar-refractivity contribution in [2.45, 2.75) is 6.54 Å². The molecule has 0 radical (unpaired) electrons. The first-order valence-electron chi connectivity index (χ1n) is 5.69. The van der Waals surface area contributed by atoms with E-state index in [-0.39, 0.29) is 5.78 Å². The molecular weight excluding hydrogens is 266 g/mol. The lowest BCUT2D eigenvalue weighted by Crippen LogP contribution is -2.22. The molecule has 2 aromatic rings. The van der Waals surface area contributed by atoms with Crippen LogP contribution in [0.1, 0.15) is 16.2 Å². The zero-order valence-corrected chi connectivity index (χ0v) is 11.8. The Morgan fingerprint density at radius 2 is 2.32 bits per heavy atom. The third-order valence-corrected chi connectivity index (χ3v) is 3.10. The number of carbonyl (C=O) groups excluding carboxylic acids is 1. The highest BCUT2D eigenvalue weighted by molar-refractivity contribution is 7.03. The van der Waals surface area contributed by atoms with Crippen LogP contribution in [0.15, 0.2) is 11.6 Å². The topological polar surface area (TPSA) is 73.1 Å². The van der Waals surface area contributed by atoms with E-state index in [1.54, 1.807) is 16.3 Å². The van der Waals surface area contributed by atoms with Crippen LogP contribution in [-0.2, 0) is 6.54 Å². The maximum Gasteiger partial charge on any atom is 0.235 e. The third kappa shape index (κ3) is 2.96. The van der Waals surface area contributed by atoms with Gasteiger partial charge in [-0.2, -0.15) is 5.10 Å². The molecule has 7 nitrogen and oxygen atoms in total. The minimum Gasteiger partial charge on any atom is -0.493 e. The maximum atomic E-state index is 12.4. The first kappa shape index (κ1) is 13.6. The van der Waals surface area contributed by atoms with E-state index in [4.69, 9.17) is 4.74 Å². The first-order chi connectivity index (χ1) is 9.13. The quantitative estimate of drug-likeness (QED) is 0.719. The lowest BCUT2D eigenvalue weighted by molar-refractivity contribution is 0.102. The van der Waals surface area contributed by atoms with E-state index in [0.717, 1.165) is 18.1 Å². The Bertz CT molecular complexity index is 549. The molecule has 0 aliphatic rings. The summed E-state index contributed by atoms with van der Waals surface area (Å²) < 4.78 is 10.5.